The lowest BCUT2D eigenvalue weighted by Gasteiger charge is -2.26. The summed E-state index contributed by atoms with van der Waals surface area (Å²) in [5.74, 6) is 0. The van der Waals surface area contributed by atoms with Crippen molar-refractivity contribution in [2.75, 3.05) is 0 Å². The van der Waals surface area contributed by atoms with Crippen LogP contribution in [0.3, 0.4) is 0 Å². The highest BCUT2D eigenvalue weighted by atomic mass is 32.2. The molecular formula is C28H24O6S2. The monoisotopic (exact) mass is 520 g/mol. The molecular weight excluding hydrogens is 496 g/mol. The molecule has 0 atom stereocenters. The van der Waals surface area contributed by atoms with Crippen LogP contribution in [0.15, 0.2) is 119 Å². The molecule has 0 heterocycles. The average molecular weight is 521 g/mol. The van der Waals surface area contributed by atoms with Crippen LogP contribution in [-0.4, -0.2) is 25.9 Å². The van der Waals surface area contributed by atoms with E-state index in [1.165, 1.54) is 24.3 Å². The van der Waals surface area contributed by atoms with Crippen molar-refractivity contribution in [1.29, 1.82) is 0 Å². The van der Waals surface area contributed by atoms with Crippen LogP contribution in [0.1, 0.15) is 23.1 Å². The van der Waals surface area contributed by atoms with Crippen LogP contribution >= 0.6 is 0 Å². The highest BCUT2D eigenvalue weighted by Gasteiger charge is 2.24. The third-order valence-corrected chi connectivity index (χ3v) is 7.75. The first kappa shape index (κ1) is 25.5. The molecule has 4 rings (SSSR count). The molecule has 3 aromatic carbocycles. The second kappa shape index (κ2) is 10.2. The minimum atomic E-state index is -4.42. The van der Waals surface area contributed by atoms with E-state index in [0.717, 1.165) is 11.1 Å². The number of rotatable bonds is 7. The molecule has 3 aromatic rings. The van der Waals surface area contributed by atoms with E-state index in [4.69, 9.17) is 0 Å². The molecule has 6 nitrogen and oxygen atoms in total. The minimum absolute atomic E-state index is 0.211. The van der Waals surface area contributed by atoms with Gasteiger partial charge in [-0.15, -0.1) is 0 Å². The summed E-state index contributed by atoms with van der Waals surface area (Å²) in [6.45, 7) is 0. The summed E-state index contributed by atoms with van der Waals surface area (Å²) in [7, 11) is -8.84. The second-order valence-corrected chi connectivity index (χ2v) is 11.1. The molecule has 0 unspecified atom stereocenters. The molecule has 0 aliphatic heterocycles. The van der Waals surface area contributed by atoms with Crippen molar-refractivity contribution < 1.29 is 25.9 Å². The Morgan fingerprint density at radius 2 is 1.14 bits per heavy atom. The van der Waals surface area contributed by atoms with E-state index in [1.54, 1.807) is 48.6 Å². The quantitative estimate of drug-likeness (QED) is 0.374. The Balaban J connectivity index is 1.77. The van der Waals surface area contributed by atoms with Crippen molar-refractivity contribution >= 4 is 38.0 Å². The van der Waals surface area contributed by atoms with Gasteiger partial charge in [-0.25, -0.2) is 0 Å². The Kier molecular flexibility index (Phi) is 7.23. The van der Waals surface area contributed by atoms with E-state index < -0.39 is 25.7 Å². The van der Waals surface area contributed by atoms with E-state index in [-0.39, 0.29) is 9.79 Å². The van der Waals surface area contributed by atoms with E-state index in [2.05, 4.69) is 0 Å². The van der Waals surface area contributed by atoms with Gasteiger partial charge in [-0.1, -0.05) is 109 Å². The maximum atomic E-state index is 11.8. The number of hydrogen-bond acceptors (Lipinski definition) is 4. The van der Waals surface area contributed by atoms with E-state index in [0.29, 0.717) is 17.5 Å². The Morgan fingerprint density at radius 1 is 0.667 bits per heavy atom. The van der Waals surface area contributed by atoms with Gasteiger partial charge in [-0.2, -0.15) is 16.8 Å². The largest absolute Gasteiger partial charge is 0.295 e. The van der Waals surface area contributed by atoms with Gasteiger partial charge < -0.3 is 0 Å². The lowest BCUT2D eigenvalue weighted by molar-refractivity contribution is 0.480. The fourth-order valence-corrected chi connectivity index (χ4v) is 5.38. The Labute approximate surface area is 211 Å². The molecule has 2 N–H and O–H groups in total. The van der Waals surface area contributed by atoms with Gasteiger partial charge in [-0.05, 0) is 40.8 Å². The lowest BCUT2D eigenvalue weighted by Crippen LogP contribution is -2.13. The standard InChI is InChI=1S/C28H24O6S2/c29-35(30,31)26-12-6-4-10-24(26)16-20-28(18-14-23(15-19-28)22-8-2-1-3-9-22)21-17-25-11-5-7-13-27(25)36(32,33)34/h1-18,20-21H,19H2,(H,29,30,31)(H,32,33,34). The van der Waals surface area contributed by atoms with Crippen molar-refractivity contribution in [2.45, 2.75) is 16.2 Å². The fraction of sp³-hybridized carbons (Fsp3) is 0.0714. The Bertz CT molecular complexity index is 1510. The van der Waals surface area contributed by atoms with Crippen molar-refractivity contribution in [3.05, 3.63) is 126 Å². The van der Waals surface area contributed by atoms with Gasteiger partial charge in [0.25, 0.3) is 20.2 Å². The molecule has 0 saturated carbocycles. The molecule has 0 radical (unpaired) electrons. The molecule has 1 aliphatic carbocycles. The zero-order valence-electron chi connectivity index (χ0n) is 19.1. The minimum Gasteiger partial charge on any atom is -0.282 e. The van der Waals surface area contributed by atoms with Gasteiger partial charge in [-0.3, -0.25) is 9.11 Å². The van der Waals surface area contributed by atoms with Crippen LogP contribution in [0.2, 0.25) is 0 Å². The zero-order chi connectivity index (χ0) is 25.8. The number of benzene rings is 3. The molecule has 1 aliphatic rings. The summed E-state index contributed by atoms with van der Waals surface area (Å²) >= 11 is 0. The summed E-state index contributed by atoms with van der Waals surface area (Å²) in [5, 5.41) is 0. The highest BCUT2D eigenvalue weighted by molar-refractivity contribution is 7.86. The van der Waals surface area contributed by atoms with Crippen molar-refractivity contribution in [1.82, 2.24) is 0 Å². The molecule has 184 valence electrons. The zero-order valence-corrected chi connectivity index (χ0v) is 20.7. The van der Waals surface area contributed by atoms with Crippen LogP contribution in [0.5, 0.6) is 0 Å². The van der Waals surface area contributed by atoms with Crippen LogP contribution in [0.4, 0.5) is 0 Å². The molecule has 0 amide bonds. The fourth-order valence-electron chi connectivity index (χ4n) is 4.01. The summed E-state index contributed by atoms with van der Waals surface area (Å²) in [6.07, 6.45) is 13.3. The lowest BCUT2D eigenvalue weighted by atomic mass is 9.78. The van der Waals surface area contributed by atoms with Crippen LogP contribution in [-0.2, 0) is 20.2 Å². The molecule has 0 fully saturated rings. The van der Waals surface area contributed by atoms with Gasteiger partial charge in [0, 0.05) is 5.41 Å². The van der Waals surface area contributed by atoms with Crippen LogP contribution in [0, 0.1) is 5.41 Å². The predicted octanol–water partition coefficient (Wildman–Crippen LogP) is 5.94. The highest BCUT2D eigenvalue weighted by Crippen LogP contribution is 2.37. The summed E-state index contributed by atoms with van der Waals surface area (Å²) in [4.78, 5) is -0.421. The maximum Gasteiger partial charge on any atom is 0.295 e. The third kappa shape index (κ3) is 5.98. The molecule has 0 spiro atoms. The predicted molar refractivity (Wildman–Crippen MR) is 141 cm³/mol. The first-order valence-corrected chi connectivity index (χ1v) is 13.9. The second-order valence-electron chi connectivity index (χ2n) is 8.37. The van der Waals surface area contributed by atoms with E-state index in [1.807, 2.05) is 48.6 Å². The van der Waals surface area contributed by atoms with Gasteiger partial charge in [0.15, 0.2) is 0 Å². The van der Waals surface area contributed by atoms with Crippen molar-refractivity contribution in [3.8, 4) is 0 Å². The first-order valence-electron chi connectivity index (χ1n) is 11.0. The maximum absolute atomic E-state index is 11.8. The Morgan fingerprint density at radius 3 is 1.58 bits per heavy atom. The molecule has 0 aromatic heterocycles. The van der Waals surface area contributed by atoms with Crippen molar-refractivity contribution in [3.63, 3.8) is 0 Å². The van der Waals surface area contributed by atoms with Gasteiger partial charge in [0.05, 0.1) is 0 Å². The van der Waals surface area contributed by atoms with E-state index >= 15 is 0 Å². The summed E-state index contributed by atoms with van der Waals surface area (Å²) in [5.41, 5.74) is 1.96. The summed E-state index contributed by atoms with van der Waals surface area (Å²) < 4.78 is 66.5. The number of allylic oxidation sites excluding steroid dienone is 6. The first-order chi connectivity index (χ1) is 17.1. The smallest absolute Gasteiger partial charge is 0.282 e. The van der Waals surface area contributed by atoms with Crippen LogP contribution in [0.25, 0.3) is 17.7 Å². The van der Waals surface area contributed by atoms with Gasteiger partial charge in [0.2, 0.25) is 0 Å². The topological polar surface area (TPSA) is 109 Å². The Hall–Kier alpha value is -3.56. The number of hydrogen-bond donors (Lipinski definition) is 2. The summed E-state index contributed by atoms with van der Waals surface area (Å²) in [6, 6.07) is 22.0. The van der Waals surface area contributed by atoms with Gasteiger partial charge in [0.1, 0.15) is 9.79 Å². The average Bonchev–Trinajstić information content (AvgIpc) is 2.87. The SMILES string of the molecule is O=S(=O)(O)c1ccccc1C=CC1(C=Cc2ccccc2S(=O)(=O)O)C=CC(c2ccccc2)=CC1. The van der Waals surface area contributed by atoms with Crippen LogP contribution < -0.4 is 0 Å². The van der Waals surface area contributed by atoms with Gasteiger partial charge >= 0.3 is 0 Å². The van der Waals surface area contributed by atoms with Crippen molar-refractivity contribution in [2.24, 2.45) is 5.41 Å². The molecule has 8 heteroatoms. The molecule has 0 bridgehead atoms. The normalized spacial score (nSPS) is 18.6. The molecule has 36 heavy (non-hydrogen) atoms. The molecule has 0 saturated heterocycles. The van der Waals surface area contributed by atoms with E-state index in [9.17, 15) is 25.9 Å². The third-order valence-electron chi connectivity index (χ3n) is 5.90.